The van der Waals surface area contributed by atoms with Crippen LogP contribution in [0.15, 0.2) is 46.9 Å². The molecule has 0 aromatic heterocycles. The van der Waals surface area contributed by atoms with Crippen LogP contribution in [0.4, 0.5) is 0 Å². The minimum absolute atomic E-state index is 0.126. The summed E-state index contributed by atoms with van der Waals surface area (Å²) in [5, 5.41) is -0.126. The fourth-order valence-corrected chi connectivity index (χ4v) is 3.51. The Morgan fingerprint density at radius 3 is 2.24 bits per heavy atom. The zero-order valence-electron chi connectivity index (χ0n) is 13.1. The van der Waals surface area contributed by atoms with Gasteiger partial charge in [-0.3, -0.25) is 0 Å². The fourth-order valence-electron chi connectivity index (χ4n) is 2.32. The van der Waals surface area contributed by atoms with Crippen molar-refractivity contribution in [3.63, 3.8) is 0 Å². The molecule has 0 aliphatic heterocycles. The Morgan fingerprint density at radius 1 is 1.10 bits per heavy atom. The normalized spacial score (nSPS) is 13.2. The van der Waals surface area contributed by atoms with E-state index in [2.05, 4.69) is 86.1 Å². The van der Waals surface area contributed by atoms with Gasteiger partial charge >= 0.3 is 0 Å². The van der Waals surface area contributed by atoms with E-state index >= 15 is 0 Å². The molecule has 0 fully saturated rings. The molecule has 0 nitrogen and oxygen atoms in total. The number of halogens is 2. The first-order chi connectivity index (χ1) is 9.85. The van der Waals surface area contributed by atoms with E-state index in [0.717, 1.165) is 22.0 Å². The number of alkyl halides is 1. The van der Waals surface area contributed by atoms with Gasteiger partial charge in [0, 0.05) is 4.47 Å². The summed E-state index contributed by atoms with van der Waals surface area (Å²) < 4.78 is 1.07. The van der Waals surface area contributed by atoms with Gasteiger partial charge in [0.25, 0.3) is 0 Å². The van der Waals surface area contributed by atoms with Gasteiger partial charge in [-0.2, -0.15) is 0 Å². The number of hydrogen-bond donors (Lipinski definition) is 0. The first-order valence-corrected chi connectivity index (χ1v) is 8.58. The highest BCUT2D eigenvalue weighted by Gasteiger charge is 2.19. The molecule has 2 heteroatoms. The van der Waals surface area contributed by atoms with E-state index in [1.54, 1.807) is 0 Å². The van der Waals surface area contributed by atoms with E-state index < -0.39 is 0 Å². The van der Waals surface area contributed by atoms with Crippen molar-refractivity contribution in [3.8, 4) is 0 Å². The number of aryl methyl sites for hydroxylation is 1. The lowest BCUT2D eigenvalue weighted by Gasteiger charge is -2.24. The molecule has 0 N–H and O–H groups in total. The van der Waals surface area contributed by atoms with Gasteiger partial charge in [0.15, 0.2) is 0 Å². The zero-order valence-corrected chi connectivity index (χ0v) is 15.4. The largest absolute Gasteiger partial charge is 0.113 e. The maximum Gasteiger partial charge on any atom is 0.0846 e. The highest BCUT2D eigenvalue weighted by Crippen LogP contribution is 2.35. The van der Waals surface area contributed by atoms with Crippen LogP contribution in [0.2, 0.25) is 0 Å². The first kappa shape index (κ1) is 16.6. The monoisotopic (exact) mass is 364 g/mol. The van der Waals surface area contributed by atoms with Crippen LogP contribution in [-0.2, 0) is 5.41 Å². The summed E-state index contributed by atoms with van der Waals surface area (Å²) in [6.07, 6.45) is 1.13. The van der Waals surface area contributed by atoms with Gasteiger partial charge in [-0.05, 0) is 47.1 Å². The van der Waals surface area contributed by atoms with Crippen molar-refractivity contribution in [2.24, 2.45) is 0 Å². The average molecular weight is 366 g/mol. The summed E-state index contributed by atoms with van der Waals surface area (Å²) in [5.74, 6) is 0. The zero-order chi connectivity index (χ0) is 15.6. The number of benzene rings is 2. The standard InChI is InChI=1S/C19H22BrCl/c1-5-19(3,4)15-9-7-14(8-10-15)18(21)16-11-6-13(2)12-17(16)20/h6-12,18H,5H2,1-4H3. The van der Waals surface area contributed by atoms with Gasteiger partial charge in [0.1, 0.15) is 0 Å². The van der Waals surface area contributed by atoms with E-state index in [-0.39, 0.29) is 10.8 Å². The Hall–Kier alpha value is -0.790. The molecule has 0 aliphatic carbocycles. The van der Waals surface area contributed by atoms with Crippen molar-refractivity contribution in [2.45, 2.75) is 44.9 Å². The lowest BCUT2D eigenvalue weighted by molar-refractivity contribution is 0.506. The molecular weight excluding hydrogens is 344 g/mol. The average Bonchev–Trinajstić information content (AvgIpc) is 2.47. The molecule has 0 amide bonds. The van der Waals surface area contributed by atoms with Crippen molar-refractivity contribution in [3.05, 3.63) is 69.2 Å². The van der Waals surface area contributed by atoms with Crippen LogP contribution in [-0.4, -0.2) is 0 Å². The predicted octanol–water partition coefficient (Wildman–Crippen LogP) is 6.77. The molecule has 0 spiro atoms. The molecule has 2 aromatic rings. The quantitative estimate of drug-likeness (QED) is 0.524. The Bertz CT molecular complexity index is 614. The van der Waals surface area contributed by atoms with E-state index in [1.165, 1.54) is 11.1 Å². The van der Waals surface area contributed by atoms with Crippen molar-refractivity contribution in [1.82, 2.24) is 0 Å². The summed E-state index contributed by atoms with van der Waals surface area (Å²) in [6.45, 7) is 8.86. The summed E-state index contributed by atoms with van der Waals surface area (Å²) >= 11 is 10.3. The van der Waals surface area contributed by atoms with Crippen LogP contribution in [0.1, 0.15) is 54.8 Å². The van der Waals surface area contributed by atoms with Gasteiger partial charge in [-0.15, -0.1) is 11.6 Å². The summed E-state index contributed by atoms with van der Waals surface area (Å²) in [4.78, 5) is 0. The van der Waals surface area contributed by atoms with Gasteiger partial charge < -0.3 is 0 Å². The summed E-state index contributed by atoms with van der Waals surface area (Å²) in [5.41, 5.74) is 5.06. The lowest BCUT2D eigenvalue weighted by atomic mass is 9.82. The van der Waals surface area contributed by atoms with Crippen LogP contribution in [0.3, 0.4) is 0 Å². The van der Waals surface area contributed by atoms with Crippen molar-refractivity contribution >= 4 is 27.5 Å². The van der Waals surface area contributed by atoms with E-state index in [4.69, 9.17) is 11.6 Å². The topological polar surface area (TPSA) is 0 Å². The molecule has 0 saturated heterocycles. The second-order valence-corrected chi connectivity index (χ2v) is 7.54. The molecule has 1 atom stereocenters. The smallest absolute Gasteiger partial charge is 0.0846 e. The molecule has 2 aromatic carbocycles. The molecule has 0 bridgehead atoms. The lowest BCUT2D eigenvalue weighted by Crippen LogP contribution is -2.15. The Labute approximate surface area is 141 Å². The maximum absolute atomic E-state index is 6.66. The van der Waals surface area contributed by atoms with Crippen LogP contribution >= 0.6 is 27.5 Å². The number of rotatable bonds is 4. The molecule has 0 aliphatic rings. The molecule has 21 heavy (non-hydrogen) atoms. The molecule has 2 rings (SSSR count). The van der Waals surface area contributed by atoms with Gasteiger partial charge in [-0.1, -0.05) is 73.1 Å². The van der Waals surface area contributed by atoms with Gasteiger partial charge in [0.2, 0.25) is 0 Å². The second-order valence-electron chi connectivity index (χ2n) is 6.25. The van der Waals surface area contributed by atoms with Crippen molar-refractivity contribution in [1.29, 1.82) is 0 Å². The minimum Gasteiger partial charge on any atom is -0.113 e. The maximum atomic E-state index is 6.66. The van der Waals surface area contributed by atoms with Crippen LogP contribution in [0.5, 0.6) is 0 Å². The fraction of sp³-hybridized carbons (Fsp3) is 0.368. The first-order valence-electron chi connectivity index (χ1n) is 7.35. The molecule has 1 unspecified atom stereocenters. The third-order valence-electron chi connectivity index (χ3n) is 4.30. The van der Waals surface area contributed by atoms with E-state index in [9.17, 15) is 0 Å². The Kier molecular flexibility index (Phi) is 5.16. The third-order valence-corrected chi connectivity index (χ3v) is 5.47. The van der Waals surface area contributed by atoms with Gasteiger partial charge in [-0.25, -0.2) is 0 Å². The van der Waals surface area contributed by atoms with Gasteiger partial charge in [0.05, 0.1) is 5.38 Å². The SMILES string of the molecule is CCC(C)(C)c1ccc(C(Cl)c2ccc(C)cc2Br)cc1. The van der Waals surface area contributed by atoms with E-state index in [1.807, 2.05) is 0 Å². The molecule has 0 radical (unpaired) electrons. The third kappa shape index (κ3) is 3.70. The molecule has 0 heterocycles. The Morgan fingerprint density at radius 2 is 1.71 bits per heavy atom. The summed E-state index contributed by atoms with van der Waals surface area (Å²) in [7, 11) is 0. The van der Waals surface area contributed by atoms with Crippen molar-refractivity contribution < 1.29 is 0 Å². The summed E-state index contributed by atoms with van der Waals surface area (Å²) in [6, 6.07) is 15.0. The highest BCUT2D eigenvalue weighted by atomic mass is 79.9. The van der Waals surface area contributed by atoms with Crippen LogP contribution in [0.25, 0.3) is 0 Å². The molecule has 0 saturated carbocycles. The second kappa shape index (κ2) is 6.54. The highest BCUT2D eigenvalue weighted by molar-refractivity contribution is 9.10. The Balaban J connectivity index is 2.30. The van der Waals surface area contributed by atoms with Crippen LogP contribution in [0, 0.1) is 6.92 Å². The predicted molar refractivity (Wildman–Crippen MR) is 96.3 cm³/mol. The molecular formula is C19H22BrCl. The van der Waals surface area contributed by atoms with Crippen LogP contribution < -0.4 is 0 Å². The minimum atomic E-state index is -0.126. The molecule has 112 valence electrons. The number of hydrogen-bond acceptors (Lipinski definition) is 0. The van der Waals surface area contributed by atoms with E-state index in [0.29, 0.717) is 0 Å². The van der Waals surface area contributed by atoms with Crippen molar-refractivity contribution in [2.75, 3.05) is 0 Å².